The average molecular weight is 277 g/mol. The smallest absolute Gasteiger partial charge is 0.175 e. The number of aromatic nitrogens is 1. The van der Waals surface area contributed by atoms with Crippen LogP contribution in [-0.2, 0) is 16.3 Å². The minimum absolute atomic E-state index is 0.221. The maximum Gasteiger partial charge on any atom is 0.175 e. The van der Waals surface area contributed by atoms with E-state index in [1.165, 1.54) is 12.1 Å². The van der Waals surface area contributed by atoms with Crippen LogP contribution >= 0.6 is 0 Å². The molecule has 0 saturated heterocycles. The van der Waals surface area contributed by atoms with Gasteiger partial charge in [0.05, 0.1) is 11.0 Å². The van der Waals surface area contributed by atoms with E-state index in [4.69, 9.17) is 0 Å². The number of hydrogen-bond donors (Lipinski definition) is 1. The number of sulfone groups is 1. The van der Waals surface area contributed by atoms with Gasteiger partial charge in [-0.2, -0.15) is 0 Å². The summed E-state index contributed by atoms with van der Waals surface area (Å²) < 4.78 is 23.0. The zero-order chi connectivity index (χ0) is 13.9. The van der Waals surface area contributed by atoms with Crippen LogP contribution in [0.2, 0.25) is 0 Å². The maximum atomic E-state index is 11.5. The largest absolute Gasteiger partial charge is 0.388 e. The summed E-state index contributed by atoms with van der Waals surface area (Å²) in [5.41, 5.74) is 1.55. The Hall–Kier alpha value is -1.72. The van der Waals surface area contributed by atoms with Gasteiger partial charge in [0, 0.05) is 25.1 Å². The molecule has 0 bridgehead atoms. The topological polar surface area (TPSA) is 67.3 Å². The van der Waals surface area contributed by atoms with Crippen LogP contribution in [0.5, 0.6) is 0 Å². The molecule has 1 N–H and O–H groups in total. The fraction of sp³-hybridized carbons (Fsp3) is 0.214. The Kier molecular flexibility index (Phi) is 3.97. The summed E-state index contributed by atoms with van der Waals surface area (Å²) in [6.45, 7) is 0. The van der Waals surface area contributed by atoms with E-state index in [9.17, 15) is 13.5 Å². The molecular weight excluding hydrogens is 262 g/mol. The van der Waals surface area contributed by atoms with Gasteiger partial charge in [0.15, 0.2) is 9.84 Å². The quantitative estimate of drug-likeness (QED) is 0.924. The van der Waals surface area contributed by atoms with Gasteiger partial charge in [-0.3, -0.25) is 4.98 Å². The Morgan fingerprint density at radius 1 is 1.21 bits per heavy atom. The molecule has 1 heterocycles. The first-order valence-corrected chi connectivity index (χ1v) is 7.73. The van der Waals surface area contributed by atoms with Crippen molar-refractivity contribution < 1.29 is 13.5 Å². The first-order chi connectivity index (χ1) is 8.97. The first-order valence-electron chi connectivity index (χ1n) is 5.84. The Balaban J connectivity index is 2.23. The van der Waals surface area contributed by atoms with Gasteiger partial charge in [-0.1, -0.05) is 12.1 Å². The third-order valence-electron chi connectivity index (χ3n) is 2.85. The lowest BCUT2D eigenvalue weighted by atomic mass is 10.0. The van der Waals surface area contributed by atoms with Crippen LogP contribution in [0.4, 0.5) is 0 Å². The molecule has 0 fully saturated rings. The molecule has 0 aliphatic heterocycles. The fourth-order valence-corrected chi connectivity index (χ4v) is 2.49. The first kappa shape index (κ1) is 13.7. The highest BCUT2D eigenvalue weighted by atomic mass is 32.2. The van der Waals surface area contributed by atoms with Crippen LogP contribution in [0.3, 0.4) is 0 Å². The molecule has 5 heteroatoms. The Labute approximate surface area is 112 Å². The molecule has 19 heavy (non-hydrogen) atoms. The third-order valence-corrected chi connectivity index (χ3v) is 3.96. The van der Waals surface area contributed by atoms with Gasteiger partial charge in [-0.25, -0.2) is 8.42 Å². The van der Waals surface area contributed by atoms with E-state index in [1.807, 2.05) is 12.1 Å². The number of pyridine rings is 1. The van der Waals surface area contributed by atoms with Crippen molar-refractivity contribution >= 4 is 9.84 Å². The molecule has 0 radical (unpaired) electrons. The van der Waals surface area contributed by atoms with E-state index in [0.717, 1.165) is 11.8 Å². The highest BCUT2D eigenvalue weighted by molar-refractivity contribution is 7.90. The molecule has 4 nitrogen and oxygen atoms in total. The lowest BCUT2D eigenvalue weighted by molar-refractivity contribution is 0.178. The van der Waals surface area contributed by atoms with Crippen molar-refractivity contribution in [2.75, 3.05) is 6.26 Å². The van der Waals surface area contributed by atoms with Crippen LogP contribution < -0.4 is 0 Å². The molecule has 0 aliphatic carbocycles. The summed E-state index contributed by atoms with van der Waals surface area (Å²) in [5.74, 6) is 0. The SMILES string of the molecule is CS(=O)(=O)c1cccc(C(O)Cc2ccncc2)c1. The summed E-state index contributed by atoms with van der Waals surface area (Å²) in [5, 5.41) is 10.1. The van der Waals surface area contributed by atoms with Gasteiger partial charge >= 0.3 is 0 Å². The van der Waals surface area contributed by atoms with Crippen LogP contribution in [0.15, 0.2) is 53.7 Å². The zero-order valence-corrected chi connectivity index (χ0v) is 11.3. The number of benzene rings is 1. The van der Waals surface area contributed by atoms with E-state index in [-0.39, 0.29) is 4.90 Å². The van der Waals surface area contributed by atoms with E-state index in [0.29, 0.717) is 12.0 Å². The van der Waals surface area contributed by atoms with Crippen molar-refractivity contribution in [3.05, 3.63) is 59.9 Å². The van der Waals surface area contributed by atoms with Crippen molar-refractivity contribution in [2.24, 2.45) is 0 Å². The molecule has 0 aliphatic rings. The standard InChI is InChI=1S/C14H15NO3S/c1-19(17,18)13-4-2-3-12(10-13)14(16)9-11-5-7-15-8-6-11/h2-8,10,14,16H,9H2,1H3. The monoisotopic (exact) mass is 277 g/mol. The van der Waals surface area contributed by atoms with Crippen LogP contribution in [0.1, 0.15) is 17.2 Å². The Bertz CT molecular complexity index is 653. The minimum Gasteiger partial charge on any atom is -0.388 e. The molecular formula is C14H15NO3S. The highest BCUT2D eigenvalue weighted by Gasteiger charge is 2.12. The molecule has 2 rings (SSSR count). The summed E-state index contributed by atoms with van der Waals surface area (Å²) in [4.78, 5) is 4.13. The lowest BCUT2D eigenvalue weighted by Crippen LogP contribution is -2.04. The van der Waals surface area contributed by atoms with Crippen LogP contribution in [-0.4, -0.2) is 24.8 Å². The molecule has 1 aromatic carbocycles. The summed E-state index contributed by atoms with van der Waals surface area (Å²) >= 11 is 0. The van der Waals surface area contributed by atoms with Crippen LogP contribution in [0.25, 0.3) is 0 Å². The number of aliphatic hydroxyl groups excluding tert-OH is 1. The molecule has 2 aromatic rings. The van der Waals surface area contributed by atoms with E-state index in [2.05, 4.69) is 4.98 Å². The van der Waals surface area contributed by atoms with E-state index >= 15 is 0 Å². The minimum atomic E-state index is -3.25. The Morgan fingerprint density at radius 3 is 2.53 bits per heavy atom. The van der Waals surface area contributed by atoms with Gasteiger partial charge in [0.2, 0.25) is 0 Å². The summed E-state index contributed by atoms with van der Waals surface area (Å²) in [7, 11) is -3.25. The van der Waals surface area contributed by atoms with Gasteiger partial charge in [-0.15, -0.1) is 0 Å². The number of nitrogens with zero attached hydrogens (tertiary/aromatic N) is 1. The second kappa shape index (κ2) is 5.50. The average Bonchev–Trinajstić information content (AvgIpc) is 2.39. The van der Waals surface area contributed by atoms with Crippen LogP contribution in [0, 0.1) is 0 Å². The predicted octanol–water partition coefficient (Wildman–Crippen LogP) is 1.76. The van der Waals surface area contributed by atoms with Gasteiger partial charge in [0.25, 0.3) is 0 Å². The molecule has 0 saturated carbocycles. The highest BCUT2D eigenvalue weighted by Crippen LogP contribution is 2.21. The second-order valence-electron chi connectivity index (χ2n) is 4.42. The molecule has 0 amide bonds. The van der Waals surface area contributed by atoms with Crippen molar-refractivity contribution in [1.29, 1.82) is 0 Å². The predicted molar refractivity (Wildman–Crippen MR) is 72.5 cm³/mol. The second-order valence-corrected chi connectivity index (χ2v) is 6.44. The molecule has 1 atom stereocenters. The number of aliphatic hydroxyl groups is 1. The maximum absolute atomic E-state index is 11.5. The van der Waals surface area contributed by atoms with Gasteiger partial charge < -0.3 is 5.11 Å². The fourth-order valence-electron chi connectivity index (χ4n) is 1.81. The van der Waals surface area contributed by atoms with Crippen molar-refractivity contribution in [1.82, 2.24) is 4.98 Å². The normalized spacial score (nSPS) is 13.2. The number of rotatable bonds is 4. The summed E-state index contributed by atoms with van der Waals surface area (Å²) in [6, 6.07) is 10.1. The molecule has 100 valence electrons. The van der Waals surface area contributed by atoms with Crippen molar-refractivity contribution in [2.45, 2.75) is 17.4 Å². The van der Waals surface area contributed by atoms with Crippen molar-refractivity contribution in [3.63, 3.8) is 0 Å². The van der Waals surface area contributed by atoms with E-state index < -0.39 is 15.9 Å². The van der Waals surface area contributed by atoms with E-state index in [1.54, 1.807) is 24.5 Å². The molecule has 0 spiro atoms. The molecule has 1 aromatic heterocycles. The van der Waals surface area contributed by atoms with Gasteiger partial charge in [-0.05, 0) is 35.4 Å². The Morgan fingerprint density at radius 2 is 1.89 bits per heavy atom. The third kappa shape index (κ3) is 3.62. The molecule has 1 unspecified atom stereocenters. The zero-order valence-electron chi connectivity index (χ0n) is 10.5. The van der Waals surface area contributed by atoms with Crippen molar-refractivity contribution in [3.8, 4) is 0 Å². The lowest BCUT2D eigenvalue weighted by Gasteiger charge is -2.12. The summed E-state index contributed by atoms with van der Waals surface area (Å²) in [6.07, 6.45) is 4.17. The number of hydrogen-bond acceptors (Lipinski definition) is 4. The van der Waals surface area contributed by atoms with Gasteiger partial charge in [0.1, 0.15) is 0 Å².